The van der Waals surface area contributed by atoms with Crippen LogP contribution in [0.1, 0.15) is 17.5 Å². The van der Waals surface area contributed by atoms with E-state index >= 15 is 0 Å². The molecule has 0 heterocycles. The van der Waals surface area contributed by atoms with E-state index in [2.05, 4.69) is 44.8 Å². The highest BCUT2D eigenvalue weighted by atomic mass is 79.9. The number of nitrogens with one attached hydrogen (secondary N) is 2. The molecule has 0 unspecified atom stereocenters. The molecule has 2 rings (SSSR count). The predicted octanol–water partition coefficient (Wildman–Crippen LogP) is 3.09. The molecule has 0 spiro atoms. The summed E-state index contributed by atoms with van der Waals surface area (Å²) >= 11 is 3.53. The summed E-state index contributed by atoms with van der Waals surface area (Å²) in [5.74, 6) is 0.910. The van der Waals surface area contributed by atoms with Gasteiger partial charge in [0.2, 0.25) is 0 Å². The summed E-state index contributed by atoms with van der Waals surface area (Å²) in [5.41, 5.74) is 2.30. The topological polar surface area (TPSA) is 53.5 Å². The van der Waals surface area contributed by atoms with Crippen molar-refractivity contribution in [1.29, 1.82) is 0 Å². The molecule has 0 saturated carbocycles. The third-order valence-electron chi connectivity index (χ3n) is 3.57. The van der Waals surface area contributed by atoms with E-state index < -0.39 is 0 Å². The number of hydrogen-bond acceptors (Lipinski definition) is 4. The van der Waals surface area contributed by atoms with Crippen LogP contribution in [0.25, 0.3) is 0 Å². The molecule has 0 aliphatic heterocycles. The quantitative estimate of drug-likeness (QED) is 0.514. The second-order valence-electron chi connectivity index (χ2n) is 5.53. The summed E-state index contributed by atoms with van der Waals surface area (Å²) in [6.07, 6.45) is 1.02. The van der Waals surface area contributed by atoms with Crippen molar-refractivity contribution in [2.75, 3.05) is 26.2 Å². The SMILES string of the molecule is OCCNCCCNCc1cc(Br)ccc1OCc1ccccc1. The Morgan fingerprint density at radius 2 is 1.75 bits per heavy atom. The summed E-state index contributed by atoms with van der Waals surface area (Å²) in [5, 5.41) is 15.3. The highest BCUT2D eigenvalue weighted by Crippen LogP contribution is 2.24. The Balaban J connectivity index is 1.81. The Morgan fingerprint density at radius 1 is 0.958 bits per heavy atom. The molecule has 0 bridgehead atoms. The summed E-state index contributed by atoms with van der Waals surface area (Å²) in [4.78, 5) is 0. The van der Waals surface area contributed by atoms with E-state index in [0.717, 1.165) is 47.4 Å². The van der Waals surface area contributed by atoms with Crippen LogP contribution in [0.15, 0.2) is 53.0 Å². The molecule has 0 atom stereocenters. The predicted molar refractivity (Wildman–Crippen MR) is 101 cm³/mol. The standard InChI is InChI=1S/C19H25BrN2O2/c20-18-7-8-19(24-15-16-5-2-1-3-6-16)17(13-18)14-22-10-4-9-21-11-12-23/h1-3,5-8,13,21-23H,4,9-12,14-15H2. The van der Waals surface area contributed by atoms with E-state index in [-0.39, 0.29) is 6.61 Å². The molecule has 4 nitrogen and oxygen atoms in total. The summed E-state index contributed by atoms with van der Waals surface area (Å²) in [6, 6.07) is 16.3. The molecule has 0 aliphatic rings. The Bertz CT molecular complexity index is 593. The maximum atomic E-state index is 8.71. The number of ether oxygens (including phenoxy) is 1. The van der Waals surface area contributed by atoms with Crippen molar-refractivity contribution in [3.8, 4) is 5.75 Å². The number of aliphatic hydroxyl groups excluding tert-OH is 1. The maximum absolute atomic E-state index is 8.71. The number of benzene rings is 2. The number of halogens is 1. The van der Waals surface area contributed by atoms with Gasteiger partial charge in [0.05, 0.1) is 6.61 Å². The van der Waals surface area contributed by atoms with Gasteiger partial charge in [-0.3, -0.25) is 0 Å². The Hall–Kier alpha value is -1.40. The fraction of sp³-hybridized carbons (Fsp3) is 0.368. The van der Waals surface area contributed by atoms with Crippen molar-refractivity contribution in [2.24, 2.45) is 0 Å². The molecular weight excluding hydrogens is 368 g/mol. The van der Waals surface area contributed by atoms with E-state index in [0.29, 0.717) is 13.2 Å². The van der Waals surface area contributed by atoms with Crippen LogP contribution in [0.2, 0.25) is 0 Å². The van der Waals surface area contributed by atoms with Gasteiger partial charge in [0.1, 0.15) is 12.4 Å². The van der Waals surface area contributed by atoms with Gasteiger partial charge in [0.15, 0.2) is 0 Å². The lowest BCUT2D eigenvalue weighted by molar-refractivity contribution is 0.292. The highest BCUT2D eigenvalue weighted by Gasteiger charge is 2.05. The zero-order valence-corrected chi connectivity index (χ0v) is 15.4. The monoisotopic (exact) mass is 392 g/mol. The minimum atomic E-state index is 0.188. The molecule has 130 valence electrons. The van der Waals surface area contributed by atoms with E-state index in [1.54, 1.807) is 0 Å². The van der Waals surface area contributed by atoms with Crippen molar-refractivity contribution >= 4 is 15.9 Å². The molecule has 5 heteroatoms. The summed E-state index contributed by atoms with van der Waals surface area (Å²) in [6.45, 7) is 4.01. The first-order valence-corrected chi connectivity index (χ1v) is 9.06. The van der Waals surface area contributed by atoms with Gasteiger partial charge in [-0.25, -0.2) is 0 Å². The largest absolute Gasteiger partial charge is 0.489 e. The van der Waals surface area contributed by atoms with Gasteiger partial charge >= 0.3 is 0 Å². The number of aliphatic hydroxyl groups is 1. The van der Waals surface area contributed by atoms with Gasteiger partial charge in [-0.05, 0) is 43.3 Å². The van der Waals surface area contributed by atoms with Crippen LogP contribution in [-0.4, -0.2) is 31.3 Å². The average Bonchev–Trinajstić information content (AvgIpc) is 2.61. The van der Waals surface area contributed by atoms with Gasteiger partial charge in [-0.15, -0.1) is 0 Å². The fourth-order valence-corrected chi connectivity index (χ4v) is 2.74. The second kappa shape index (κ2) is 11.2. The highest BCUT2D eigenvalue weighted by molar-refractivity contribution is 9.10. The lowest BCUT2D eigenvalue weighted by atomic mass is 10.2. The minimum absolute atomic E-state index is 0.188. The zero-order valence-electron chi connectivity index (χ0n) is 13.8. The third kappa shape index (κ3) is 7.01. The molecule has 0 radical (unpaired) electrons. The van der Waals surface area contributed by atoms with Gasteiger partial charge < -0.3 is 20.5 Å². The van der Waals surface area contributed by atoms with Crippen LogP contribution in [-0.2, 0) is 13.2 Å². The molecule has 0 saturated heterocycles. The molecule has 2 aromatic carbocycles. The first kappa shape index (κ1) is 18.9. The van der Waals surface area contributed by atoms with Gasteiger partial charge in [-0.2, -0.15) is 0 Å². The molecule has 0 amide bonds. The zero-order chi connectivity index (χ0) is 17.0. The summed E-state index contributed by atoms with van der Waals surface area (Å²) < 4.78 is 7.04. The normalized spacial score (nSPS) is 10.8. The van der Waals surface area contributed by atoms with Crippen molar-refractivity contribution in [3.05, 3.63) is 64.1 Å². The molecule has 0 aliphatic carbocycles. The van der Waals surface area contributed by atoms with Crippen molar-refractivity contribution in [3.63, 3.8) is 0 Å². The lowest BCUT2D eigenvalue weighted by Gasteiger charge is -2.13. The average molecular weight is 393 g/mol. The van der Waals surface area contributed by atoms with E-state index in [9.17, 15) is 0 Å². The lowest BCUT2D eigenvalue weighted by Crippen LogP contribution is -2.24. The molecule has 0 fully saturated rings. The van der Waals surface area contributed by atoms with Crippen LogP contribution in [0.3, 0.4) is 0 Å². The Labute approximate surface area is 152 Å². The Morgan fingerprint density at radius 3 is 2.54 bits per heavy atom. The molecule has 2 aromatic rings. The van der Waals surface area contributed by atoms with E-state index in [4.69, 9.17) is 9.84 Å². The number of hydrogen-bond donors (Lipinski definition) is 3. The smallest absolute Gasteiger partial charge is 0.124 e. The van der Waals surface area contributed by atoms with Crippen LogP contribution in [0.4, 0.5) is 0 Å². The van der Waals surface area contributed by atoms with Gasteiger partial charge in [-0.1, -0.05) is 46.3 Å². The molecular formula is C19H25BrN2O2. The van der Waals surface area contributed by atoms with Crippen molar-refractivity contribution < 1.29 is 9.84 Å². The van der Waals surface area contributed by atoms with Crippen LogP contribution in [0, 0.1) is 0 Å². The van der Waals surface area contributed by atoms with E-state index in [1.165, 1.54) is 0 Å². The van der Waals surface area contributed by atoms with E-state index in [1.807, 2.05) is 30.3 Å². The number of rotatable bonds is 11. The van der Waals surface area contributed by atoms with Crippen LogP contribution < -0.4 is 15.4 Å². The second-order valence-corrected chi connectivity index (χ2v) is 6.45. The fourth-order valence-electron chi connectivity index (χ4n) is 2.33. The van der Waals surface area contributed by atoms with Crippen LogP contribution >= 0.6 is 15.9 Å². The molecule has 0 aromatic heterocycles. The van der Waals surface area contributed by atoms with Gasteiger partial charge in [0, 0.05) is 23.1 Å². The Kier molecular flexibility index (Phi) is 8.84. The first-order valence-electron chi connectivity index (χ1n) is 8.27. The third-order valence-corrected chi connectivity index (χ3v) is 4.06. The van der Waals surface area contributed by atoms with Crippen LogP contribution in [0.5, 0.6) is 5.75 Å². The summed E-state index contributed by atoms with van der Waals surface area (Å²) in [7, 11) is 0. The van der Waals surface area contributed by atoms with Crippen molar-refractivity contribution in [2.45, 2.75) is 19.6 Å². The van der Waals surface area contributed by atoms with Gasteiger partial charge in [0.25, 0.3) is 0 Å². The van der Waals surface area contributed by atoms with Crippen molar-refractivity contribution in [1.82, 2.24) is 10.6 Å². The minimum Gasteiger partial charge on any atom is -0.489 e. The maximum Gasteiger partial charge on any atom is 0.124 e. The first-order chi connectivity index (χ1) is 11.8. The molecule has 24 heavy (non-hydrogen) atoms. The molecule has 3 N–H and O–H groups in total.